The van der Waals surface area contributed by atoms with Crippen molar-refractivity contribution in [3.8, 4) is 0 Å². The lowest BCUT2D eigenvalue weighted by Gasteiger charge is -2.39. The third kappa shape index (κ3) is 2.99. The Labute approximate surface area is 118 Å². The van der Waals surface area contributed by atoms with Crippen LogP contribution in [-0.4, -0.2) is 19.3 Å². The van der Waals surface area contributed by atoms with E-state index in [0.717, 1.165) is 6.07 Å². The van der Waals surface area contributed by atoms with Crippen molar-refractivity contribution in [3.05, 3.63) is 35.1 Å². The quantitative estimate of drug-likeness (QED) is 0.767. The van der Waals surface area contributed by atoms with Crippen LogP contribution < -0.4 is 5.32 Å². The number of benzene rings is 1. The first-order valence-corrected chi connectivity index (χ1v) is 6.89. The third-order valence-corrected chi connectivity index (χ3v) is 3.91. The number of rotatable bonds is 7. The maximum Gasteiger partial charge on any atom is 0.194 e. The number of hydrogen-bond donors (Lipinski definition) is 1. The van der Waals surface area contributed by atoms with E-state index in [2.05, 4.69) is 5.32 Å². The highest BCUT2D eigenvalue weighted by Crippen LogP contribution is 2.36. The van der Waals surface area contributed by atoms with Crippen LogP contribution in [0, 0.1) is 17.5 Å². The van der Waals surface area contributed by atoms with Crippen LogP contribution >= 0.6 is 0 Å². The second kappa shape index (κ2) is 7.09. The summed E-state index contributed by atoms with van der Waals surface area (Å²) in [5.41, 5.74) is -0.572. The number of halogens is 3. The molecule has 0 bridgehead atoms. The Bertz CT molecular complexity index is 439. The average molecular weight is 289 g/mol. The molecule has 1 unspecified atom stereocenters. The fourth-order valence-corrected chi connectivity index (χ4v) is 2.61. The van der Waals surface area contributed by atoms with Gasteiger partial charge in [0, 0.05) is 12.7 Å². The molecule has 1 atom stereocenters. The summed E-state index contributed by atoms with van der Waals surface area (Å²) in [5, 5.41) is 3.13. The summed E-state index contributed by atoms with van der Waals surface area (Å²) < 4.78 is 46.2. The summed E-state index contributed by atoms with van der Waals surface area (Å²) in [6.07, 6.45) is 1.24. The molecule has 20 heavy (non-hydrogen) atoms. The van der Waals surface area contributed by atoms with Crippen molar-refractivity contribution in [1.82, 2.24) is 5.32 Å². The monoisotopic (exact) mass is 289 g/mol. The standard InChI is InChI=1S/C15H22F3NO/c1-5-15(6-2,20-4)14(19-7-3)10-8-9-11(16)13(18)12(10)17/h8-9,14,19H,5-7H2,1-4H3. The first-order valence-electron chi connectivity index (χ1n) is 6.89. The molecule has 0 aliphatic carbocycles. The molecule has 0 fully saturated rings. The molecule has 0 aliphatic heterocycles. The van der Waals surface area contributed by atoms with Gasteiger partial charge in [-0.25, -0.2) is 13.2 Å². The van der Waals surface area contributed by atoms with Crippen molar-refractivity contribution in [3.63, 3.8) is 0 Å². The minimum absolute atomic E-state index is 0.0938. The molecule has 1 N–H and O–H groups in total. The molecule has 0 amide bonds. The van der Waals surface area contributed by atoms with E-state index in [1.54, 1.807) is 7.11 Å². The molecule has 5 heteroatoms. The smallest absolute Gasteiger partial charge is 0.194 e. The lowest BCUT2D eigenvalue weighted by atomic mass is 9.83. The van der Waals surface area contributed by atoms with Crippen molar-refractivity contribution in [2.45, 2.75) is 45.3 Å². The highest BCUT2D eigenvalue weighted by molar-refractivity contribution is 5.26. The summed E-state index contributed by atoms with van der Waals surface area (Å²) in [7, 11) is 1.55. The molecule has 0 saturated heterocycles. The van der Waals surface area contributed by atoms with E-state index in [1.165, 1.54) is 6.07 Å². The summed E-state index contributed by atoms with van der Waals surface area (Å²) in [4.78, 5) is 0. The van der Waals surface area contributed by atoms with E-state index in [-0.39, 0.29) is 5.56 Å². The van der Waals surface area contributed by atoms with Gasteiger partial charge in [0.15, 0.2) is 17.5 Å². The predicted molar refractivity (Wildman–Crippen MR) is 73.1 cm³/mol. The predicted octanol–water partition coefficient (Wildman–Crippen LogP) is 3.96. The van der Waals surface area contributed by atoms with E-state index in [9.17, 15) is 13.2 Å². The minimum Gasteiger partial charge on any atom is -0.376 e. The van der Waals surface area contributed by atoms with Crippen LogP contribution in [0.25, 0.3) is 0 Å². The normalized spacial score (nSPS) is 13.6. The summed E-state index contributed by atoms with van der Waals surface area (Å²) in [6, 6.07) is 1.69. The molecule has 0 aliphatic rings. The zero-order valence-electron chi connectivity index (χ0n) is 12.4. The Morgan fingerprint density at radius 3 is 2.15 bits per heavy atom. The molecule has 0 radical (unpaired) electrons. The second-order valence-corrected chi connectivity index (χ2v) is 4.73. The SMILES string of the molecule is CCNC(c1ccc(F)c(F)c1F)C(CC)(CC)OC. The molecule has 114 valence electrons. The summed E-state index contributed by atoms with van der Waals surface area (Å²) in [6.45, 7) is 6.29. The third-order valence-electron chi connectivity index (χ3n) is 3.91. The van der Waals surface area contributed by atoms with Gasteiger partial charge in [0.2, 0.25) is 0 Å². The van der Waals surface area contributed by atoms with Gasteiger partial charge in [-0.05, 0) is 25.5 Å². The lowest BCUT2D eigenvalue weighted by Crippen LogP contribution is -2.45. The summed E-state index contributed by atoms with van der Waals surface area (Å²) in [5.74, 6) is -3.78. The number of methoxy groups -OCH3 is 1. The van der Waals surface area contributed by atoms with Crippen LogP contribution in [0.5, 0.6) is 0 Å². The maximum absolute atomic E-state index is 14.1. The van der Waals surface area contributed by atoms with Crippen molar-refractivity contribution in [1.29, 1.82) is 0 Å². The van der Waals surface area contributed by atoms with Crippen molar-refractivity contribution >= 4 is 0 Å². The Hall–Kier alpha value is -1.07. The van der Waals surface area contributed by atoms with Gasteiger partial charge in [-0.2, -0.15) is 0 Å². The number of hydrogen-bond acceptors (Lipinski definition) is 2. The molecular formula is C15H22F3NO. The van der Waals surface area contributed by atoms with Gasteiger partial charge in [0.05, 0.1) is 11.6 Å². The Morgan fingerprint density at radius 2 is 1.70 bits per heavy atom. The lowest BCUT2D eigenvalue weighted by molar-refractivity contribution is -0.0492. The van der Waals surface area contributed by atoms with E-state index >= 15 is 0 Å². The highest BCUT2D eigenvalue weighted by atomic mass is 19.2. The van der Waals surface area contributed by atoms with Gasteiger partial charge in [-0.1, -0.05) is 26.8 Å². The average Bonchev–Trinajstić information content (AvgIpc) is 2.47. The molecule has 2 nitrogen and oxygen atoms in total. The molecule has 1 rings (SSSR count). The number of nitrogens with one attached hydrogen (secondary N) is 1. The first kappa shape index (κ1) is 17.0. The Balaban J connectivity index is 3.37. The topological polar surface area (TPSA) is 21.3 Å². The Morgan fingerprint density at radius 1 is 1.10 bits per heavy atom. The molecule has 0 saturated carbocycles. The molecule has 0 spiro atoms. The molecule has 0 heterocycles. The van der Waals surface area contributed by atoms with E-state index in [0.29, 0.717) is 19.4 Å². The first-order chi connectivity index (χ1) is 9.47. The fourth-order valence-electron chi connectivity index (χ4n) is 2.61. The number of ether oxygens (including phenoxy) is 1. The minimum atomic E-state index is -1.44. The summed E-state index contributed by atoms with van der Waals surface area (Å²) >= 11 is 0. The van der Waals surface area contributed by atoms with Gasteiger partial charge in [0.1, 0.15) is 0 Å². The van der Waals surface area contributed by atoms with Gasteiger partial charge in [-0.15, -0.1) is 0 Å². The molecule has 1 aromatic carbocycles. The van der Waals surface area contributed by atoms with Crippen LogP contribution in [0.1, 0.15) is 45.2 Å². The Kier molecular flexibility index (Phi) is 6.02. The zero-order chi connectivity index (χ0) is 15.3. The fraction of sp³-hybridized carbons (Fsp3) is 0.600. The number of likely N-dealkylation sites (N-methyl/N-ethyl adjacent to an activating group) is 1. The van der Waals surface area contributed by atoms with Gasteiger partial charge < -0.3 is 10.1 Å². The van der Waals surface area contributed by atoms with Crippen LogP contribution in [-0.2, 0) is 4.74 Å². The van der Waals surface area contributed by atoms with Gasteiger partial charge in [-0.3, -0.25) is 0 Å². The van der Waals surface area contributed by atoms with E-state index < -0.39 is 29.1 Å². The maximum atomic E-state index is 14.1. The van der Waals surface area contributed by atoms with Crippen molar-refractivity contribution in [2.24, 2.45) is 0 Å². The van der Waals surface area contributed by atoms with E-state index in [1.807, 2.05) is 20.8 Å². The van der Waals surface area contributed by atoms with Gasteiger partial charge in [0.25, 0.3) is 0 Å². The molecular weight excluding hydrogens is 267 g/mol. The molecule has 1 aromatic rings. The van der Waals surface area contributed by atoms with Crippen LogP contribution in [0.4, 0.5) is 13.2 Å². The van der Waals surface area contributed by atoms with Crippen LogP contribution in [0.2, 0.25) is 0 Å². The largest absolute Gasteiger partial charge is 0.376 e. The van der Waals surface area contributed by atoms with Crippen LogP contribution in [0.3, 0.4) is 0 Å². The highest BCUT2D eigenvalue weighted by Gasteiger charge is 2.38. The van der Waals surface area contributed by atoms with Crippen molar-refractivity contribution < 1.29 is 17.9 Å². The van der Waals surface area contributed by atoms with Gasteiger partial charge >= 0.3 is 0 Å². The van der Waals surface area contributed by atoms with Crippen LogP contribution in [0.15, 0.2) is 12.1 Å². The van der Waals surface area contributed by atoms with E-state index in [4.69, 9.17) is 4.74 Å². The zero-order valence-corrected chi connectivity index (χ0v) is 12.4. The van der Waals surface area contributed by atoms with Crippen molar-refractivity contribution in [2.75, 3.05) is 13.7 Å². The molecule has 0 aromatic heterocycles. The second-order valence-electron chi connectivity index (χ2n) is 4.73.